The lowest BCUT2D eigenvalue weighted by atomic mass is 9.95. The summed E-state index contributed by atoms with van der Waals surface area (Å²) in [5.74, 6) is -0.721. The quantitative estimate of drug-likeness (QED) is 0.167. The summed E-state index contributed by atoms with van der Waals surface area (Å²) in [5.41, 5.74) is -0.119. The fraction of sp³-hybridized carbons (Fsp3) is 0.793. The number of imidazole rings is 1. The summed E-state index contributed by atoms with van der Waals surface area (Å²) in [6.45, 7) is 20.3. The van der Waals surface area contributed by atoms with Crippen molar-refractivity contribution >= 4 is 62.9 Å². The largest absolute Gasteiger partial charge is 0.414 e. The van der Waals surface area contributed by atoms with Crippen molar-refractivity contribution in [1.29, 1.82) is 0 Å². The van der Waals surface area contributed by atoms with Crippen molar-refractivity contribution in [3.05, 3.63) is 16.7 Å². The van der Waals surface area contributed by atoms with Crippen molar-refractivity contribution < 1.29 is 35.1 Å². The molecule has 47 heavy (non-hydrogen) atoms. The molecular formula is C29H51N5O9S2Si2. The van der Waals surface area contributed by atoms with Gasteiger partial charge in [-0.15, -0.1) is 0 Å². The maximum absolute atomic E-state index is 13.1. The number of aromatic amines is 1. The van der Waals surface area contributed by atoms with Gasteiger partial charge in [0.05, 0.1) is 36.6 Å². The number of nitrogens with zero attached hydrogens (tertiary/aromatic N) is 3. The van der Waals surface area contributed by atoms with E-state index in [4.69, 9.17) is 34.5 Å². The van der Waals surface area contributed by atoms with Crippen LogP contribution in [0.1, 0.15) is 81.9 Å². The number of amides is 1. The second-order valence-electron chi connectivity index (χ2n) is 14.2. The van der Waals surface area contributed by atoms with E-state index in [0.717, 1.165) is 6.26 Å². The number of ether oxygens (including phenoxy) is 1. The van der Waals surface area contributed by atoms with Crippen LogP contribution in [0.5, 0.6) is 0 Å². The highest BCUT2D eigenvalue weighted by Crippen LogP contribution is 2.54. The molecule has 0 bridgehead atoms. The van der Waals surface area contributed by atoms with Crippen LogP contribution < -0.4 is 10.9 Å². The molecular weight excluding hydrogens is 683 g/mol. The molecule has 0 spiro atoms. The van der Waals surface area contributed by atoms with Crippen molar-refractivity contribution in [2.24, 2.45) is 5.92 Å². The topological polar surface area (TPSA) is 173 Å². The van der Waals surface area contributed by atoms with E-state index in [1.54, 1.807) is 18.4 Å². The van der Waals surface area contributed by atoms with E-state index in [2.05, 4.69) is 75.7 Å². The highest BCUT2D eigenvalue weighted by Gasteiger charge is 2.65. The minimum atomic E-state index is -3.77. The molecule has 4 rings (SSSR count). The Bertz CT molecular complexity index is 1600. The molecule has 2 aromatic rings. The molecule has 0 radical (unpaired) electrons. The Morgan fingerprint density at radius 2 is 1.70 bits per heavy atom. The summed E-state index contributed by atoms with van der Waals surface area (Å²) in [6.07, 6.45) is 0.156. The molecule has 0 aromatic carbocycles. The predicted octanol–water partition coefficient (Wildman–Crippen LogP) is 4.60. The third-order valence-corrected chi connectivity index (χ3v) is 20.7. The number of carbonyl (C=O) groups is 1. The van der Waals surface area contributed by atoms with Crippen molar-refractivity contribution in [2.75, 3.05) is 24.8 Å². The number of aromatic nitrogens is 4. The summed E-state index contributed by atoms with van der Waals surface area (Å²) in [7, 11) is -9.81. The SMILES string of the molecule is CC(C)C(=O)Nc1nc2c(ncn2[C@@H]2O[C@@H]3CO[Si](C(C)C)(C(C)C)O[Si](C(C)C)(C(C)C)O[C@H]3[C@]2(S)CCOS(C)(=O)=O)c(=O)[nH]1. The van der Waals surface area contributed by atoms with Crippen LogP contribution in [-0.2, 0) is 36.8 Å². The molecule has 0 aliphatic carbocycles. The Hall–Kier alpha value is -1.65. The first-order chi connectivity index (χ1) is 21.7. The van der Waals surface area contributed by atoms with E-state index in [-0.39, 0.29) is 70.7 Å². The summed E-state index contributed by atoms with van der Waals surface area (Å²) in [4.78, 5) is 37.0. The standard InChI is InChI=1S/C29H51N5O9S2Si2/c1-16(2)25(35)32-28-31-24-22(26(36)33-28)30-15-34(24)27-29(44,12-13-39-45(11,37)38)23-21(41-27)14-40-46(17(3)4,18(5)6)43-47(42-23,19(7)8)20(9)10/h15-21,23,27,44H,12-14H2,1-11H3,(H2,31,32,33,35,36)/t21-,23-,27-,29-/m1/s1. The van der Waals surface area contributed by atoms with E-state index in [1.807, 2.05) is 0 Å². The maximum Gasteiger partial charge on any atom is 0.335 e. The molecule has 266 valence electrons. The molecule has 2 N–H and O–H groups in total. The lowest BCUT2D eigenvalue weighted by Gasteiger charge is -2.52. The van der Waals surface area contributed by atoms with Crippen LogP contribution in [0.15, 0.2) is 11.1 Å². The number of anilines is 1. The van der Waals surface area contributed by atoms with Gasteiger partial charge < -0.3 is 17.7 Å². The molecule has 2 aliphatic heterocycles. The van der Waals surface area contributed by atoms with E-state index >= 15 is 0 Å². The number of hydrogen-bond acceptors (Lipinski definition) is 12. The molecule has 2 aliphatic rings. The third-order valence-electron chi connectivity index (χ3n) is 9.13. The number of thiol groups is 1. The average Bonchev–Trinajstić information content (AvgIpc) is 3.45. The van der Waals surface area contributed by atoms with Gasteiger partial charge in [0.25, 0.3) is 15.7 Å². The van der Waals surface area contributed by atoms with Crippen LogP contribution in [-0.4, -0.2) is 87.4 Å². The van der Waals surface area contributed by atoms with Gasteiger partial charge in [-0.25, -0.2) is 4.98 Å². The van der Waals surface area contributed by atoms with Crippen molar-refractivity contribution in [1.82, 2.24) is 19.5 Å². The Labute approximate surface area is 285 Å². The fourth-order valence-corrected chi connectivity index (χ4v) is 18.8. The second-order valence-corrected chi connectivity index (χ2v) is 25.5. The highest BCUT2D eigenvalue weighted by atomic mass is 32.2. The molecule has 1 amide bonds. The smallest absolute Gasteiger partial charge is 0.335 e. The minimum Gasteiger partial charge on any atom is -0.414 e. The van der Waals surface area contributed by atoms with E-state index < -0.39 is 56.0 Å². The predicted molar refractivity (Wildman–Crippen MR) is 186 cm³/mol. The average molecular weight is 734 g/mol. The highest BCUT2D eigenvalue weighted by molar-refractivity contribution is 7.86. The number of H-pyrrole nitrogens is 1. The van der Waals surface area contributed by atoms with Gasteiger partial charge in [0.1, 0.15) is 6.10 Å². The second kappa shape index (κ2) is 13.9. The number of carbonyl (C=O) groups excluding carboxylic acids is 1. The monoisotopic (exact) mass is 733 g/mol. The Morgan fingerprint density at radius 3 is 2.23 bits per heavy atom. The first-order valence-corrected chi connectivity index (χ1v) is 22.4. The Kier molecular flexibility index (Phi) is 11.3. The van der Waals surface area contributed by atoms with Crippen LogP contribution in [0.3, 0.4) is 0 Å². The fourth-order valence-electron chi connectivity index (χ4n) is 6.59. The van der Waals surface area contributed by atoms with Crippen molar-refractivity contribution in [3.63, 3.8) is 0 Å². The lowest BCUT2D eigenvalue weighted by molar-refractivity contribution is -0.118. The number of rotatable bonds is 11. The van der Waals surface area contributed by atoms with Gasteiger partial charge >= 0.3 is 17.1 Å². The van der Waals surface area contributed by atoms with Gasteiger partial charge in [0.2, 0.25) is 11.9 Å². The molecule has 0 unspecified atom stereocenters. The van der Waals surface area contributed by atoms with Crippen LogP contribution in [0.25, 0.3) is 11.2 Å². The summed E-state index contributed by atoms with van der Waals surface area (Å²) in [5, 5.41) is 2.64. The molecule has 4 heterocycles. The van der Waals surface area contributed by atoms with Gasteiger partial charge in [-0.2, -0.15) is 26.0 Å². The first-order valence-electron chi connectivity index (χ1n) is 16.2. The van der Waals surface area contributed by atoms with Crippen molar-refractivity contribution in [2.45, 2.75) is 121 Å². The van der Waals surface area contributed by atoms with Crippen LogP contribution >= 0.6 is 12.6 Å². The van der Waals surface area contributed by atoms with Crippen LogP contribution in [0.2, 0.25) is 22.2 Å². The number of nitrogens with one attached hydrogen (secondary N) is 2. The molecule has 4 atom stereocenters. The zero-order valence-corrected chi connectivity index (χ0v) is 32.9. The summed E-state index contributed by atoms with van der Waals surface area (Å²) >= 11 is 5.26. The van der Waals surface area contributed by atoms with Crippen LogP contribution in [0, 0.1) is 5.92 Å². The first kappa shape index (κ1) is 38.2. The zero-order valence-electron chi connectivity index (χ0n) is 29.2. The van der Waals surface area contributed by atoms with Gasteiger partial charge in [0, 0.05) is 5.92 Å². The Morgan fingerprint density at radius 1 is 1.11 bits per heavy atom. The summed E-state index contributed by atoms with van der Waals surface area (Å²) < 4.78 is 58.0. The molecule has 0 saturated carbocycles. The van der Waals surface area contributed by atoms with Gasteiger partial charge in [-0.3, -0.25) is 28.6 Å². The van der Waals surface area contributed by atoms with Gasteiger partial charge in [0.15, 0.2) is 17.4 Å². The van der Waals surface area contributed by atoms with E-state index in [0.29, 0.717) is 0 Å². The van der Waals surface area contributed by atoms with E-state index in [1.165, 1.54) is 6.33 Å². The molecule has 2 fully saturated rings. The lowest BCUT2D eigenvalue weighted by Crippen LogP contribution is -2.66. The molecule has 2 aromatic heterocycles. The normalized spacial score (nSPS) is 26.4. The molecule has 2 saturated heterocycles. The number of fused-ring (bicyclic) bond motifs is 2. The van der Waals surface area contributed by atoms with Gasteiger partial charge in [-0.05, 0) is 28.6 Å². The summed E-state index contributed by atoms with van der Waals surface area (Å²) in [6, 6.07) is 0. The molecule has 14 nitrogen and oxygen atoms in total. The number of hydrogen-bond donors (Lipinski definition) is 3. The zero-order chi connectivity index (χ0) is 35.3. The maximum atomic E-state index is 13.1. The van der Waals surface area contributed by atoms with E-state index in [9.17, 15) is 18.0 Å². The Balaban J connectivity index is 1.91. The third kappa shape index (κ3) is 7.31. The van der Waals surface area contributed by atoms with Crippen LogP contribution in [0.4, 0.5) is 5.95 Å². The van der Waals surface area contributed by atoms with Gasteiger partial charge in [-0.1, -0.05) is 69.2 Å². The van der Waals surface area contributed by atoms with Crippen molar-refractivity contribution in [3.8, 4) is 0 Å². The molecule has 18 heteroatoms. The minimum absolute atomic E-state index is 0.0135.